The molecule has 0 amide bonds. The van der Waals surface area contributed by atoms with Crippen molar-refractivity contribution in [2.75, 3.05) is 0 Å². The van der Waals surface area contributed by atoms with Crippen molar-refractivity contribution in [2.24, 2.45) is 0 Å². The molecule has 4 nitrogen and oxygen atoms in total. The highest BCUT2D eigenvalue weighted by Gasteiger charge is 2.01. The zero-order chi connectivity index (χ0) is 14.5. The van der Waals surface area contributed by atoms with Gasteiger partial charge in [-0.2, -0.15) is 0 Å². The predicted octanol–water partition coefficient (Wildman–Crippen LogP) is 2.84. The van der Waals surface area contributed by atoms with E-state index in [1.54, 1.807) is 0 Å². The molecule has 0 spiro atoms. The molecule has 0 aliphatic carbocycles. The molecule has 1 aromatic heterocycles. The zero-order valence-corrected chi connectivity index (χ0v) is 11.0. The zero-order valence-electron chi connectivity index (χ0n) is 11.0. The van der Waals surface area contributed by atoms with Crippen molar-refractivity contribution >= 4 is 27.8 Å². The highest BCUT2D eigenvalue weighted by molar-refractivity contribution is 5.92. The Morgan fingerprint density at radius 2 is 1.40 bits per heavy atom. The molecule has 0 bridgehead atoms. The van der Waals surface area contributed by atoms with Crippen molar-refractivity contribution in [2.45, 2.75) is 13.0 Å². The fraction of sp³-hybridized carbons (Fsp3) is 0.125. The lowest BCUT2D eigenvalue weighted by molar-refractivity contribution is -0.145. The molecule has 4 heteroatoms. The molecule has 20 heavy (non-hydrogen) atoms. The van der Waals surface area contributed by atoms with Crippen molar-refractivity contribution in [1.29, 1.82) is 0 Å². The van der Waals surface area contributed by atoms with Gasteiger partial charge in [0.15, 0.2) is 0 Å². The first-order valence-electron chi connectivity index (χ1n) is 6.23. The number of carboxylic acid groups (broad SMARTS) is 1. The third-order valence-electron chi connectivity index (χ3n) is 2.78. The van der Waals surface area contributed by atoms with Crippen molar-refractivity contribution in [3.8, 4) is 0 Å². The minimum absolute atomic E-state index is 1.06. The van der Waals surface area contributed by atoms with E-state index >= 15 is 0 Å². The van der Waals surface area contributed by atoms with E-state index in [9.17, 15) is 4.79 Å². The summed E-state index contributed by atoms with van der Waals surface area (Å²) in [6.45, 7) is 1.20. The maximum Gasteiger partial charge on any atom is 0.332 e. The Labute approximate surface area is 116 Å². The molecule has 0 aliphatic heterocycles. The van der Waals surface area contributed by atoms with E-state index in [1.807, 2.05) is 36.4 Å². The van der Waals surface area contributed by atoms with Crippen molar-refractivity contribution in [3.05, 3.63) is 54.6 Å². The van der Waals surface area contributed by atoms with Gasteiger partial charge < -0.3 is 10.2 Å². The molecule has 0 aliphatic rings. The molecular weight excluding hydrogens is 254 g/mol. The minimum Gasteiger partial charge on any atom is -0.479 e. The van der Waals surface area contributed by atoms with E-state index in [1.165, 1.54) is 17.7 Å². The van der Waals surface area contributed by atoms with Crippen LogP contribution in [0.15, 0.2) is 54.6 Å². The van der Waals surface area contributed by atoms with Gasteiger partial charge in [0.05, 0.1) is 11.0 Å². The first-order valence-corrected chi connectivity index (χ1v) is 6.23. The number of aliphatic carboxylic acids is 1. The summed E-state index contributed by atoms with van der Waals surface area (Å²) < 4.78 is 0. The van der Waals surface area contributed by atoms with E-state index in [-0.39, 0.29) is 0 Å². The summed E-state index contributed by atoms with van der Waals surface area (Å²) in [7, 11) is 0. The van der Waals surface area contributed by atoms with E-state index in [2.05, 4.69) is 23.2 Å². The molecule has 0 fully saturated rings. The topological polar surface area (TPSA) is 70.4 Å². The number of para-hydroxylation sites is 2. The third kappa shape index (κ3) is 3.30. The van der Waals surface area contributed by atoms with Crippen LogP contribution in [0.4, 0.5) is 0 Å². The number of aliphatic hydroxyl groups excluding tert-OH is 1. The smallest absolute Gasteiger partial charge is 0.332 e. The molecule has 2 aromatic carbocycles. The number of hydrogen-bond donors (Lipinski definition) is 2. The van der Waals surface area contributed by atoms with Crippen LogP contribution in [0, 0.1) is 0 Å². The Bertz CT molecular complexity index is 633. The predicted molar refractivity (Wildman–Crippen MR) is 78.6 cm³/mol. The second kappa shape index (κ2) is 6.12. The van der Waals surface area contributed by atoms with Gasteiger partial charge in [0, 0.05) is 10.8 Å². The number of carboxylic acids is 1. The van der Waals surface area contributed by atoms with Crippen LogP contribution in [0.5, 0.6) is 0 Å². The van der Waals surface area contributed by atoms with Crippen LogP contribution in [0.25, 0.3) is 21.8 Å². The first kappa shape index (κ1) is 14.0. The first-order chi connectivity index (χ1) is 9.58. The Hall–Kier alpha value is -2.46. The Morgan fingerprint density at radius 1 is 1.00 bits per heavy atom. The van der Waals surface area contributed by atoms with Crippen LogP contribution in [0.1, 0.15) is 6.92 Å². The molecule has 1 atom stereocenters. The quantitative estimate of drug-likeness (QED) is 0.666. The molecular formula is C16H15NO3. The van der Waals surface area contributed by atoms with Gasteiger partial charge in [-0.25, -0.2) is 9.78 Å². The Balaban J connectivity index is 0.000000212. The molecule has 1 unspecified atom stereocenters. The lowest BCUT2D eigenvalue weighted by atomic mass is 10.1. The number of fused-ring (bicyclic) bond motifs is 2. The molecule has 0 saturated heterocycles. The van der Waals surface area contributed by atoms with Crippen LogP contribution in [0.3, 0.4) is 0 Å². The van der Waals surface area contributed by atoms with E-state index in [0.717, 1.165) is 11.0 Å². The van der Waals surface area contributed by atoms with Crippen molar-refractivity contribution in [3.63, 3.8) is 0 Å². The molecule has 3 rings (SSSR count). The normalized spacial score (nSPS) is 11.7. The second-order valence-electron chi connectivity index (χ2n) is 4.39. The second-order valence-corrected chi connectivity index (χ2v) is 4.39. The fourth-order valence-electron chi connectivity index (χ4n) is 1.72. The van der Waals surface area contributed by atoms with Crippen LogP contribution in [-0.4, -0.2) is 27.3 Å². The van der Waals surface area contributed by atoms with Gasteiger partial charge in [0.1, 0.15) is 6.10 Å². The summed E-state index contributed by atoms with van der Waals surface area (Å²) >= 11 is 0. The number of benzene rings is 2. The standard InChI is InChI=1S/C13H9N.C3H6O3/c1-3-7-12-10(5-1)9-11-6-2-4-8-13(11)14-12;1-2(4)3(5)6/h1-9H;2,4H,1H3,(H,5,6). The van der Waals surface area contributed by atoms with Gasteiger partial charge >= 0.3 is 5.97 Å². The highest BCUT2D eigenvalue weighted by atomic mass is 16.4. The number of carbonyl (C=O) groups is 1. The molecule has 102 valence electrons. The largest absolute Gasteiger partial charge is 0.479 e. The summed E-state index contributed by atoms with van der Waals surface area (Å²) in [5, 5.41) is 18.2. The lowest BCUT2D eigenvalue weighted by Gasteiger charge is -1.99. The summed E-state index contributed by atoms with van der Waals surface area (Å²) in [6, 6.07) is 18.6. The molecule has 2 N–H and O–H groups in total. The van der Waals surface area contributed by atoms with Crippen molar-refractivity contribution < 1.29 is 15.0 Å². The molecule has 3 aromatic rings. The maximum absolute atomic E-state index is 9.45. The van der Waals surface area contributed by atoms with Crippen LogP contribution in [-0.2, 0) is 4.79 Å². The number of aromatic nitrogens is 1. The average molecular weight is 269 g/mol. The number of pyridine rings is 1. The van der Waals surface area contributed by atoms with Gasteiger partial charge in [-0.05, 0) is 25.1 Å². The number of aliphatic hydroxyl groups is 1. The third-order valence-corrected chi connectivity index (χ3v) is 2.78. The molecule has 0 radical (unpaired) electrons. The van der Waals surface area contributed by atoms with Gasteiger partial charge in [-0.15, -0.1) is 0 Å². The van der Waals surface area contributed by atoms with Crippen molar-refractivity contribution in [1.82, 2.24) is 4.98 Å². The average Bonchev–Trinajstić information content (AvgIpc) is 2.45. The highest BCUT2D eigenvalue weighted by Crippen LogP contribution is 2.18. The van der Waals surface area contributed by atoms with Crippen LogP contribution >= 0.6 is 0 Å². The van der Waals surface area contributed by atoms with Gasteiger partial charge in [-0.1, -0.05) is 36.4 Å². The Morgan fingerprint density at radius 3 is 1.80 bits per heavy atom. The van der Waals surface area contributed by atoms with Gasteiger partial charge in [0.25, 0.3) is 0 Å². The summed E-state index contributed by atoms with van der Waals surface area (Å²) in [6.07, 6.45) is -1.23. The summed E-state index contributed by atoms with van der Waals surface area (Å²) in [4.78, 5) is 14.0. The van der Waals surface area contributed by atoms with Gasteiger partial charge in [-0.3, -0.25) is 0 Å². The summed E-state index contributed by atoms with van der Waals surface area (Å²) in [5.41, 5.74) is 2.12. The fourth-order valence-corrected chi connectivity index (χ4v) is 1.72. The Kier molecular flexibility index (Phi) is 4.27. The van der Waals surface area contributed by atoms with E-state index < -0.39 is 12.1 Å². The number of nitrogens with zero attached hydrogens (tertiary/aromatic N) is 1. The van der Waals surface area contributed by atoms with Crippen LogP contribution < -0.4 is 0 Å². The number of rotatable bonds is 1. The number of hydrogen-bond acceptors (Lipinski definition) is 3. The van der Waals surface area contributed by atoms with Crippen LogP contribution in [0.2, 0.25) is 0 Å². The minimum atomic E-state index is -1.23. The lowest BCUT2D eigenvalue weighted by Crippen LogP contribution is -2.13. The summed E-state index contributed by atoms with van der Waals surface area (Å²) in [5.74, 6) is -1.19. The molecule has 0 saturated carbocycles. The SMILES string of the molecule is CC(O)C(=O)O.c1ccc2nc3ccccc3cc2c1. The van der Waals surface area contributed by atoms with E-state index in [0.29, 0.717) is 0 Å². The maximum atomic E-state index is 9.45. The monoisotopic (exact) mass is 269 g/mol. The molecule has 1 heterocycles. The van der Waals surface area contributed by atoms with Gasteiger partial charge in [0.2, 0.25) is 0 Å². The van der Waals surface area contributed by atoms with E-state index in [4.69, 9.17) is 10.2 Å².